The Morgan fingerprint density at radius 1 is 0.535 bits per heavy atom. The molecule has 0 aromatic heterocycles. The zero-order valence-corrected chi connectivity index (χ0v) is 24.2. The lowest BCUT2D eigenvalue weighted by atomic mass is 9.92. The first-order chi connectivity index (χ1) is 20.9. The molecule has 0 saturated heterocycles. The molecule has 0 spiro atoms. The van der Waals surface area contributed by atoms with Gasteiger partial charge in [0.25, 0.3) is 0 Å². The van der Waals surface area contributed by atoms with Crippen LogP contribution in [-0.2, 0) is 12.8 Å². The number of hydrogen-bond donors (Lipinski definition) is 0. The molecule has 5 aromatic carbocycles. The summed E-state index contributed by atoms with van der Waals surface area (Å²) in [6.45, 7) is 4.12. The van der Waals surface area contributed by atoms with Crippen LogP contribution in [0.25, 0.3) is 11.1 Å². The summed E-state index contributed by atoms with van der Waals surface area (Å²) >= 11 is 0. The standard InChI is InChI=1S/C38H32F2O3/c1-3-5-29-23-28(13-21-35(29)37(41)26-7-14-31(39)15-8-26)25-11-18-33(19-12-25)43-34-20-22-36(30(24-34)6-4-2)38(42)27-9-16-32(40)17-10-27/h7-24H,3-6H2,1-2H3. The maximum Gasteiger partial charge on any atom is 0.193 e. The van der Waals surface area contributed by atoms with Gasteiger partial charge < -0.3 is 4.74 Å². The third kappa shape index (κ3) is 6.95. The summed E-state index contributed by atoms with van der Waals surface area (Å²) in [5, 5.41) is 0. The Bertz CT molecular complexity index is 1740. The Kier molecular flexibility index (Phi) is 9.21. The second-order valence-corrected chi connectivity index (χ2v) is 10.5. The molecule has 0 bridgehead atoms. The Hall–Kier alpha value is -4.90. The fourth-order valence-electron chi connectivity index (χ4n) is 5.17. The number of aryl methyl sites for hydroxylation is 2. The zero-order valence-electron chi connectivity index (χ0n) is 24.2. The summed E-state index contributed by atoms with van der Waals surface area (Å²) in [4.78, 5) is 26.3. The largest absolute Gasteiger partial charge is 0.457 e. The minimum Gasteiger partial charge on any atom is -0.457 e. The van der Waals surface area contributed by atoms with E-state index < -0.39 is 0 Å². The van der Waals surface area contributed by atoms with E-state index in [0.717, 1.165) is 41.5 Å². The quantitative estimate of drug-likeness (QED) is 0.148. The molecule has 0 fully saturated rings. The molecule has 3 nitrogen and oxygen atoms in total. The molecule has 0 saturated carbocycles. The smallest absolute Gasteiger partial charge is 0.193 e. The molecule has 0 aliphatic rings. The van der Waals surface area contributed by atoms with Gasteiger partial charge in [0.15, 0.2) is 11.6 Å². The van der Waals surface area contributed by atoms with Crippen LogP contribution in [0.1, 0.15) is 69.7 Å². The van der Waals surface area contributed by atoms with Gasteiger partial charge in [0.1, 0.15) is 23.1 Å². The molecule has 0 amide bonds. The minimum atomic E-state index is -0.379. The molecular weight excluding hydrogens is 542 g/mol. The summed E-state index contributed by atoms with van der Waals surface area (Å²) in [6.07, 6.45) is 3.19. The first-order valence-electron chi connectivity index (χ1n) is 14.5. The molecule has 43 heavy (non-hydrogen) atoms. The van der Waals surface area contributed by atoms with E-state index in [0.29, 0.717) is 40.2 Å². The SMILES string of the molecule is CCCc1cc(Oc2ccc(-c3ccc(C(=O)c4ccc(F)cc4)c(CCC)c3)cc2)ccc1C(=O)c1ccc(F)cc1. The van der Waals surface area contributed by atoms with E-state index >= 15 is 0 Å². The summed E-state index contributed by atoms with van der Waals surface area (Å²) < 4.78 is 32.9. The second-order valence-electron chi connectivity index (χ2n) is 10.5. The molecule has 0 unspecified atom stereocenters. The lowest BCUT2D eigenvalue weighted by Gasteiger charge is -2.13. The number of halogens is 2. The highest BCUT2D eigenvalue weighted by atomic mass is 19.1. The fourth-order valence-corrected chi connectivity index (χ4v) is 5.17. The monoisotopic (exact) mass is 574 g/mol. The number of hydrogen-bond acceptors (Lipinski definition) is 3. The van der Waals surface area contributed by atoms with Crippen molar-refractivity contribution in [1.29, 1.82) is 0 Å². The van der Waals surface area contributed by atoms with Crippen molar-refractivity contribution in [3.8, 4) is 22.6 Å². The summed E-state index contributed by atoms with van der Waals surface area (Å²) in [5.41, 5.74) is 5.91. The fraction of sp³-hybridized carbons (Fsp3) is 0.158. The van der Waals surface area contributed by atoms with Crippen LogP contribution in [0.3, 0.4) is 0 Å². The van der Waals surface area contributed by atoms with Crippen molar-refractivity contribution in [2.45, 2.75) is 39.5 Å². The van der Waals surface area contributed by atoms with E-state index in [9.17, 15) is 18.4 Å². The van der Waals surface area contributed by atoms with Crippen LogP contribution in [-0.4, -0.2) is 11.6 Å². The van der Waals surface area contributed by atoms with Gasteiger partial charge >= 0.3 is 0 Å². The second kappa shape index (κ2) is 13.4. The van der Waals surface area contributed by atoms with Crippen LogP contribution in [0.15, 0.2) is 109 Å². The zero-order chi connectivity index (χ0) is 30.3. The van der Waals surface area contributed by atoms with Gasteiger partial charge in [0.2, 0.25) is 0 Å². The predicted octanol–water partition coefficient (Wildman–Crippen LogP) is 9.79. The van der Waals surface area contributed by atoms with Gasteiger partial charge in [0.05, 0.1) is 0 Å². The molecule has 0 heterocycles. The number of carbonyl (C=O) groups excluding carboxylic acids is 2. The maximum atomic E-state index is 13.4. The molecule has 216 valence electrons. The van der Waals surface area contributed by atoms with Gasteiger partial charge in [-0.1, -0.05) is 57.0 Å². The maximum absolute atomic E-state index is 13.4. The normalized spacial score (nSPS) is 10.9. The van der Waals surface area contributed by atoms with Crippen molar-refractivity contribution in [2.75, 3.05) is 0 Å². The van der Waals surface area contributed by atoms with Crippen molar-refractivity contribution >= 4 is 11.6 Å². The number of ether oxygens (including phenoxy) is 1. The van der Waals surface area contributed by atoms with Crippen molar-refractivity contribution in [2.24, 2.45) is 0 Å². The minimum absolute atomic E-state index is 0.119. The highest BCUT2D eigenvalue weighted by Crippen LogP contribution is 2.30. The number of benzene rings is 5. The molecule has 0 atom stereocenters. The van der Waals surface area contributed by atoms with Crippen molar-refractivity contribution < 1.29 is 23.1 Å². The van der Waals surface area contributed by atoms with Crippen LogP contribution >= 0.6 is 0 Å². The highest BCUT2D eigenvalue weighted by Gasteiger charge is 2.16. The molecule has 0 N–H and O–H groups in total. The Morgan fingerprint density at radius 3 is 1.49 bits per heavy atom. The first-order valence-corrected chi connectivity index (χ1v) is 14.5. The Balaban J connectivity index is 1.35. The summed E-state index contributed by atoms with van der Waals surface area (Å²) in [6, 6.07) is 30.2. The van der Waals surface area contributed by atoms with Crippen molar-refractivity contribution in [3.05, 3.63) is 154 Å². The molecular formula is C38H32F2O3. The Morgan fingerprint density at radius 2 is 0.977 bits per heavy atom. The Labute approximate surface area is 250 Å². The summed E-state index contributed by atoms with van der Waals surface area (Å²) in [5.74, 6) is 0.263. The number of carbonyl (C=O) groups is 2. The first kappa shape index (κ1) is 29.6. The van der Waals surface area contributed by atoms with Crippen LogP contribution < -0.4 is 4.74 Å². The average molecular weight is 575 g/mol. The lowest BCUT2D eigenvalue weighted by molar-refractivity contribution is 0.103. The van der Waals surface area contributed by atoms with Crippen LogP contribution in [0.5, 0.6) is 11.5 Å². The lowest BCUT2D eigenvalue weighted by Crippen LogP contribution is -2.06. The van der Waals surface area contributed by atoms with Crippen molar-refractivity contribution in [3.63, 3.8) is 0 Å². The molecule has 5 heteroatoms. The van der Waals surface area contributed by atoms with Gasteiger partial charge in [0, 0.05) is 22.3 Å². The highest BCUT2D eigenvalue weighted by molar-refractivity contribution is 6.10. The van der Waals surface area contributed by atoms with E-state index in [-0.39, 0.29) is 23.2 Å². The van der Waals surface area contributed by atoms with E-state index in [1.54, 1.807) is 12.1 Å². The van der Waals surface area contributed by atoms with Crippen molar-refractivity contribution in [1.82, 2.24) is 0 Å². The van der Waals surface area contributed by atoms with Gasteiger partial charge in [-0.2, -0.15) is 0 Å². The molecule has 0 aliphatic carbocycles. The van der Waals surface area contributed by atoms with Gasteiger partial charge in [-0.25, -0.2) is 8.78 Å². The van der Waals surface area contributed by atoms with Crippen LogP contribution in [0, 0.1) is 11.6 Å². The van der Waals surface area contributed by atoms with Gasteiger partial charge in [-0.05, 0) is 114 Å². The molecule has 0 aliphatic heterocycles. The van der Waals surface area contributed by atoms with Crippen LogP contribution in [0.2, 0.25) is 0 Å². The van der Waals surface area contributed by atoms with E-state index in [4.69, 9.17) is 4.74 Å². The molecule has 5 rings (SSSR count). The van der Waals surface area contributed by atoms with E-state index in [1.807, 2.05) is 48.5 Å². The molecule has 0 radical (unpaired) electrons. The summed E-state index contributed by atoms with van der Waals surface area (Å²) in [7, 11) is 0. The number of ketones is 2. The molecule has 5 aromatic rings. The average Bonchev–Trinajstić information content (AvgIpc) is 3.02. The third-order valence-corrected chi connectivity index (χ3v) is 7.35. The van der Waals surface area contributed by atoms with Gasteiger partial charge in [-0.15, -0.1) is 0 Å². The topological polar surface area (TPSA) is 43.4 Å². The predicted molar refractivity (Wildman–Crippen MR) is 166 cm³/mol. The van der Waals surface area contributed by atoms with E-state index in [1.165, 1.54) is 48.5 Å². The van der Waals surface area contributed by atoms with E-state index in [2.05, 4.69) is 13.8 Å². The van der Waals surface area contributed by atoms with Gasteiger partial charge in [-0.3, -0.25) is 9.59 Å². The number of rotatable bonds is 11. The van der Waals surface area contributed by atoms with Crippen LogP contribution in [0.4, 0.5) is 8.78 Å². The third-order valence-electron chi connectivity index (χ3n) is 7.35.